The van der Waals surface area contributed by atoms with Gasteiger partial charge >= 0.3 is 0 Å². The molecule has 3 rings (SSSR count). The van der Waals surface area contributed by atoms with Gasteiger partial charge in [-0.1, -0.05) is 18.2 Å². The number of halogens is 2. The first-order valence-corrected chi connectivity index (χ1v) is 7.73. The molecule has 2 unspecified atom stereocenters. The Labute approximate surface area is 123 Å². The van der Waals surface area contributed by atoms with Crippen molar-refractivity contribution in [2.24, 2.45) is 0 Å². The third-order valence-corrected chi connectivity index (χ3v) is 4.95. The minimum Gasteiger partial charge on any atom is -0.493 e. The SMILES string of the molecule is Nc1cc(F)c(S(=O)CC2COc3ccccc32)c(F)c1. The molecule has 0 saturated heterocycles. The van der Waals surface area contributed by atoms with Gasteiger partial charge in [-0.15, -0.1) is 0 Å². The van der Waals surface area contributed by atoms with Crippen LogP contribution in [0.5, 0.6) is 5.75 Å². The van der Waals surface area contributed by atoms with Gasteiger partial charge in [0.1, 0.15) is 22.3 Å². The predicted octanol–water partition coefficient (Wildman–Crippen LogP) is 2.83. The molecule has 2 atom stereocenters. The Morgan fingerprint density at radius 2 is 1.90 bits per heavy atom. The summed E-state index contributed by atoms with van der Waals surface area (Å²) in [6.07, 6.45) is 0. The highest BCUT2D eigenvalue weighted by atomic mass is 32.2. The zero-order chi connectivity index (χ0) is 15.0. The second-order valence-electron chi connectivity index (χ2n) is 4.87. The molecule has 0 bridgehead atoms. The quantitative estimate of drug-likeness (QED) is 0.887. The maximum atomic E-state index is 13.8. The molecule has 1 heterocycles. The lowest BCUT2D eigenvalue weighted by atomic mass is 10.0. The third-order valence-electron chi connectivity index (χ3n) is 3.40. The molecule has 0 aromatic heterocycles. The Balaban J connectivity index is 1.86. The van der Waals surface area contributed by atoms with Crippen LogP contribution in [0, 0.1) is 11.6 Å². The van der Waals surface area contributed by atoms with Crippen LogP contribution in [-0.2, 0) is 10.8 Å². The molecule has 2 N–H and O–H groups in total. The van der Waals surface area contributed by atoms with Crippen LogP contribution in [0.4, 0.5) is 14.5 Å². The van der Waals surface area contributed by atoms with Gasteiger partial charge < -0.3 is 10.5 Å². The lowest BCUT2D eigenvalue weighted by Gasteiger charge is -2.10. The van der Waals surface area contributed by atoms with E-state index in [1.165, 1.54) is 0 Å². The number of nitrogen functional groups attached to an aromatic ring is 1. The fourth-order valence-corrected chi connectivity index (χ4v) is 3.79. The Bertz CT molecular complexity index is 698. The first kappa shape index (κ1) is 14.0. The lowest BCUT2D eigenvalue weighted by molar-refractivity contribution is 0.338. The topological polar surface area (TPSA) is 52.3 Å². The Hall–Kier alpha value is -1.95. The summed E-state index contributed by atoms with van der Waals surface area (Å²) in [7, 11) is -1.80. The smallest absolute Gasteiger partial charge is 0.144 e. The van der Waals surface area contributed by atoms with Gasteiger partial charge in [-0.3, -0.25) is 4.21 Å². The molecular formula is C15H13F2NO2S. The first-order chi connectivity index (χ1) is 10.1. The molecule has 21 heavy (non-hydrogen) atoms. The van der Waals surface area contributed by atoms with Crippen LogP contribution in [0.3, 0.4) is 0 Å². The molecule has 0 spiro atoms. The molecule has 0 aliphatic carbocycles. The molecule has 1 aliphatic heterocycles. The van der Waals surface area contributed by atoms with Crippen LogP contribution in [0.25, 0.3) is 0 Å². The minimum absolute atomic E-state index is 0.0275. The van der Waals surface area contributed by atoms with E-state index in [1.54, 1.807) is 0 Å². The van der Waals surface area contributed by atoms with Crippen LogP contribution in [0.1, 0.15) is 11.5 Å². The number of para-hydroxylation sites is 1. The number of rotatable bonds is 3. The molecule has 6 heteroatoms. The summed E-state index contributed by atoms with van der Waals surface area (Å²) < 4.78 is 45.4. The molecule has 0 saturated carbocycles. The van der Waals surface area contributed by atoms with E-state index in [2.05, 4.69) is 0 Å². The monoisotopic (exact) mass is 309 g/mol. The standard InChI is InChI=1S/C15H13F2NO2S/c16-12-5-10(18)6-13(17)15(12)21(19)8-9-7-20-14-4-2-1-3-11(9)14/h1-6,9H,7-8,18H2. The molecule has 2 aromatic carbocycles. The lowest BCUT2D eigenvalue weighted by Crippen LogP contribution is -2.13. The van der Waals surface area contributed by atoms with E-state index in [9.17, 15) is 13.0 Å². The van der Waals surface area contributed by atoms with Crippen LogP contribution in [0.15, 0.2) is 41.3 Å². The largest absolute Gasteiger partial charge is 0.493 e. The van der Waals surface area contributed by atoms with Crippen LogP contribution >= 0.6 is 0 Å². The molecule has 0 radical (unpaired) electrons. The van der Waals surface area contributed by atoms with Gasteiger partial charge in [0.25, 0.3) is 0 Å². The number of hydrogen-bond acceptors (Lipinski definition) is 3. The molecule has 3 nitrogen and oxygen atoms in total. The highest BCUT2D eigenvalue weighted by molar-refractivity contribution is 7.85. The van der Waals surface area contributed by atoms with Gasteiger partial charge in [0.2, 0.25) is 0 Å². The highest BCUT2D eigenvalue weighted by Gasteiger charge is 2.28. The molecule has 2 aromatic rings. The Morgan fingerprint density at radius 1 is 1.24 bits per heavy atom. The number of anilines is 1. The second kappa shape index (κ2) is 5.44. The summed E-state index contributed by atoms with van der Waals surface area (Å²) in [6.45, 7) is 0.364. The molecular weight excluding hydrogens is 296 g/mol. The van der Waals surface area contributed by atoms with Crippen LogP contribution in [0.2, 0.25) is 0 Å². The van der Waals surface area contributed by atoms with Gasteiger partial charge in [0.05, 0.1) is 17.4 Å². The predicted molar refractivity (Wildman–Crippen MR) is 76.7 cm³/mol. The van der Waals surface area contributed by atoms with E-state index in [4.69, 9.17) is 10.5 Å². The van der Waals surface area contributed by atoms with Gasteiger partial charge in [-0.2, -0.15) is 0 Å². The number of ether oxygens (including phenoxy) is 1. The molecule has 0 fully saturated rings. The zero-order valence-corrected chi connectivity index (χ0v) is 11.8. The van der Waals surface area contributed by atoms with Gasteiger partial charge in [-0.25, -0.2) is 8.78 Å². The average Bonchev–Trinajstić information content (AvgIpc) is 2.81. The van der Waals surface area contributed by atoms with Crippen molar-refractivity contribution in [1.29, 1.82) is 0 Å². The fraction of sp³-hybridized carbons (Fsp3) is 0.200. The number of benzene rings is 2. The average molecular weight is 309 g/mol. The minimum atomic E-state index is -1.80. The number of nitrogens with two attached hydrogens (primary N) is 1. The normalized spacial score (nSPS) is 18.1. The van der Waals surface area contributed by atoms with E-state index in [0.29, 0.717) is 6.61 Å². The summed E-state index contributed by atoms with van der Waals surface area (Å²) in [5, 5.41) is 0. The first-order valence-electron chi connectivity index (χ1n) is 6.41. The van der Waals surface area contributed by atoms with Gasteiger partial charge in [0.15, 0.2) is 0 Å². The summed E-state index contributed by atoms with van der Waals surface area (Å²) >= 11 is 0. The molecule has 0 amide bonds. The van der Waals surface area contributed by atoms with Crippen LogP contribution < -0.4 is 10.5 Å². The van der Waals surface area contributed by atoms with E-state index in [1.807, 2.05) is 24.3 Å². The van der Waals surface area contributed by atoms with Crippen molar-refractivity contribution in [3.8, 4) is 5.75 Å². The Morgan fingerprint density at radius 3 is 2.62 bits per heavy atom. The van der Waals surface area contributed by atoms with E-state index in [-0.39, 0.29) is 17.4 Å². The summed E-state index contributed by atoms with van der Waals surface area (Å²) in [5.41, 5.74) is 6.25. The van der Waals surface area contributed by atoms with Crippen molar-refractivity contribution in [3.05, 3.63) is 53.6 Å². The summed E-state index contributed by atoms with van der Waals surface area (Å²) in [5.74, 6) is -1.05. The number of fused-ring (bicyclic) bond motifs is 1. The third kappa shape index (κ3) is 2.63. The van der Waals surface area contributed by atoms with Crippen molar-refractivity contribution in [2.75, 3.05) is 18.1 Å². The molecule has 1 aliphatic rings. The summed E-state index contributed by atoms with van der Waals surface area (Å²) in [4.78, 5) is -0.423. The molecule has 110 valence electrons. The van der Waals surface area contributed by atoms with E-state index < -0.39 is 27.3 Å². The van der Waals surface area contributed by atoms with E-state index >= 15 is 0 Å². The van der Waals surface area contributed by atoms with Crippen molar-refractivity contribution in [3.63, 3.8) is 0 Å². The van der Waals surface area contributed by atoms with Crippen molar-refractivity contribution in [2.45, 2.75) is 10.8 Å². The second-order valence-corrected chi connectivity index (χ2v) is 6.30. The fourth-order valence-electron chi connectivity index (χ4n) is 2.43. The van der Waals surface area contributed by atoms with Crippen LogP contribution in [-0.4, -0.2) is 16.6 Å². The van der Waals surface area contributed by atoms with Crippen molar-refractivity contribution < 1.29 is 17.7 Å². The maximum Gasteiger partial charge on any atom is 0.144 e. The zero-order valence-electron chi connectivity index (χ0n) is 11.0. The maximum absolute atomic E-state index is 13.8. The Kier molecular flexibility index (Phi) is 3.63. The summed E-state index contributed by atoms with van der Waals surface area (Å²) in [6, 6.07) is 9.36. The van der Waals surface area contributed by atoms with Gasteiger partial charge in [0, 0.05) is 22.9 Å². The number of hydrogen-bond donors (Lipinski definition) is 1. The van der Waals surface area contributed by atoms with Crippen molar-refractivity contribution in [1.82, 2.24) is 0 Å². The van der Waals surface area contributed by atoms with E-state index in [0.717, 1.165) is 23.4 Å². The van der Waals surface area contributed by atoms with Crippen molar-refractivity contribution >= 4 is 16.5 Å². The highest BCUT2D eigenvalue weighted by Crippen LogP contribution is 2.35. The van der Waals surface area contributed by atoms with Gasteiger partial charge in [-0.05, 0) is 18.2 Å².